The molecule has 1 amide bonds. The van der Waals surface area contributed by atoms with Crippen LogP contribution in [0.15, 0.2) is 83.7 Å². The van der Waals surface area contributed by atoms with Gasteiger partial charge in [-0.2, -0.15) is 0 Å². The molecule has 0 saturated heterocycles. The number of aryl methyl sites for hydroxylation is 1. The SMILES string of the molecule is Cc1ccc(NC(=O)c2c(-c3ccc(Cl)cc3)cc(-c3ccc(Cl)cc3)[nH]c2=O)cc1. The fourth-order valence-corrected chi connectivity index (χ4v) is 3.51. The Hall–Kier alpha value is -3.34. The molecule has 0 fully saturated rings. The molecule has 0 saturated carbocycles. The van der Waals surface area contributed by atoms with Gasteiger partial charge in [-0.3, -0.25) is 9.59 Å². The molecule has 6 heteroatoms. The molecule has 0 unspecified atom stereocenters. The number of H-pyrrole nitrogens is 1. The van der Waals surface area contributed by atoms with Crippen LogP contribution in [-0.4, -0.2) is 10.9 Å². The molecule has 4 nitrogen and oxygen atoms in total. The van der Waals surface area contributed by atoms with E-state index in [2.05, 4.69) is 10.3 Å². The van der Waals surface area contributed by atoms with Gasteiger partial charge in [0, 0.05) is 27.0 Å². The van der Waals surface area contributed by atoms with Crippen molar-refractivity contribution in [3.8, 4) is 22.4 Å². The quantitative estimate of drug-likeness (QED) is 0.370. The number of benzene rings is 3. The summed E-state index contributed by atoms with van der Waals surface area (Å²) in [4.78, 5) is 29.0. The van der Waals surface area contributed by atoms with Gasteiger partial charge in [0.15, 0.2) is 0 Å². The Morgan fingerprint density at radius 2 is 1.35 bits per heavy atom. The number of carbonyl (C=O) groups is 1. The number of pyridine rings is 1. The van der Waals surface area contributed by atoms with Gasteiger partial charge < -0.3 is 10.3 Å². The van der Waals surface area contributed by atoms with Crippen molar-refractivity contribution in [1.29, 1.82) is 0 Å². The molecule has 1 heterocycles. The van der Waals surface area contributed by atoms with Crippen LogP contribution in [0.4, 0.5) is 5.69 Å². The number of aromatic amines is 1. The van der Waals surface area contributed by atoms with Crippen LogP contribution >= 0.6 is 23.2 Å². The number of carbonyl (C=O) groups excluding carboxylic acids is 1. The summed E-state index contributed by atoms with van der Waals surface area (Å²) in [6, 6.07) is 23.3. The Balaban J connectivity index is 1.83. The van der Waals surface area contributed by atoms with Gasteiger partial charge in [-0.05, 0) is 60.5 Å². The summed E-state index contributed by atoms with van der Waals surface area (Å²) in [7, 11) is 0. The molecule has 0 aliphatic carbocycles. The van der Waals surface area contributed by atoms with E-state index in [4.69, 9.17) is 23.2 Å². The van der Waals surface area contributed by atoms with E-state index in [-0.39, 0.29) is 5.56 Å². The van der Waals surface area contributed by atoms with Crippen LogP contribution in [0, 0.1) is 6.92 Å². The average Bonchev–Trinajstić information content (AvgIpc) is 2.76. The van der Waals surface area contributed by atoms with Crippen LogP contribution in [0.5, 0.6) is 0 Å². The predicted octanol–water partition coefficient (Wildman–Crippen LogP) is 6.58. The van der Waals surface area contributed by atoms with Crippen LogP contribution in [0.3, 0.4) is 0 Å². The summed E-state index contributed by atoms with van der Waals surface area (Å²) in [5.74, 6) is -0.488. The highest BCUT2D eigenvalue weighted by Gasteiger charge is 2.19. The second kappa shape index (κ2) is 8.80. The van der Waals surface area contributed by atoms with Crippen molar-refractivity contribution in [2.45, 2.75) is 6.92 Å². The normalized spacial score (nSPS) is 10.7. The van der Waals surface area contributed by atoms with E-state index >= 15 is 0 Å². The summed E-state index contributed by atoms with van der Waals surface area (Å²) >= 11 is 12.0. The minimum atomic E-state index is -0.488. The largest absolute Gasteiger partial charge is 0.322 e. The van der Waals surface area contributed by atoms with Crippen LogP contribution in [-0.2, 0) is 0 Å². The van der Waals surface area contributed by atoms with Crippen molar-refractivity contribution >= 4 is 34.8 Å². The lowest BCUT2D eigenvalue weighted by atomic mass is 9.98. The molecule has 1 aromatic heterocycles. The molecule has 0 atom stereocenters. The minimum Gasteiger partial charge on any atom is -0.322 e. The lowest BCUT2D eigenvalue weighted by Crippen LogP contribution is -2.25. The number of amides is 1. The number of nitrogens with one attached hydrogen (secondary N) is 2. The average molecular weight is 449 g/mol. The molecule has 0 bridgehead atoms. The Labute approximate surface area is 189 Å². The van der Waals surface area contributed by atoms with Crippen LogP contribution in [0.2, 0.25) is 10.0 Å². The van der Waals surface area contributed by atoms with Gasteiger partial charge in [-0.25, -0.2) is 0 Å². The Morgan fingerprint density at radius 3 is 1.94 bits per heavy atom. The molecule has 2 N–H and O–H groups in total. The third-order valence-electron chi connectivity index (χ3n) is 4.88. The van der Waals surface area contributed by atoms with Gasteiger partial charge in [0.1, 0.15) is 5.56 Å². The highest BCUT2D eigenvalue weighted by Crippen LogP contribution is 2.28. The molecule has 0 spiro atoms. The summed E-state index contributed by atoms with van der Waals surface area (Å²) in [5, 5.41) is 3.97. The third kappa shape index (κ3) is 4.71. The molecular weight excluding hydrogens is 431 g/mol. The summed E-state index contributed by atoms with van der Waals surface area (Å²) in [5.41, 5.74) is 3.81. The van der Waals surface area contributed by atoms with Crippen LogP contribution < -0.4 is 10.9 Å². The second-order valence-corrected chi connectivity index (χ2v) is 8.01. The summed E-state index contributed by atoms with van der Waals surface area (Å²) in [6.07, 6.45) is 0. The standard InChI is InChI=1S/C25H18Cl2N2O2/c1-15-2-12-20(13-3-15)28-24(30)23-21(16-4-8-18(26)9-5-16)14-22(29-25(23)31)17-6-10-19(27)11-7-17/h2-14H,1H3,(H,28,30)(H,29,31). The zero-order valence-electron chi connectivity index (χ0n) is 16.6. The molecule has 4 rings (SSSR count). The van der Waals surface area contributed by atoms with Gasteiger partial charge >= 0.3 is 0 Å². The molecule has 0 radical (unpaired) electrons. The first-order chi connectivity index (χ1) is 14.9. The van der Waals surface area contributed by atoms with E-state index in [0.29, 0.717) is 32.6 Å². The van der Waals surface area contributed by atoms with Crippen LogP contribution in [0.25, 0.3) is 22.4 Å². The molecule has 0 aliphatic rings. The van der Waals surface area contributed by atoms with E-state index in [1.807, 2.05) is 31.2 Å². The van der Waals surface area contributed by atoms with Crippen molar-refractivity contribution < 1.29 is 4.79 Å². The zero-order chi connectivity index (χ0) is 22.0. The fraction of sp³-hybridized carbons (Fsp3) is 0.0400. The number of hydrogen-bond donors (Lipinski definition) is 2. The van der Waals surface area contributed by atoms with E-state index in [1.54, 1.807) is 54.6 Å². The maximum Gasteiger partial charge on any atom is 0.261 e. The summed E-state index contributed by atoms with van der Waals surface area (Å²) in [6.45, 7) is 1.96. The van der Waals surface area contributed by atoms with Crippen molar-refractivity contribution in [1.82, 2.24) is 4.98 Å². The van der Waals surface area contributed by atoms with Crippen molar-refractivity contribution in [3.05, 3.63) is 110 Å². The van der Waals surface area contributed by atoms with Crippen LogP contribution in [0.1, 0.15) is 15.9 Å². The van der Waals surface area contributed by atoms with Gasteiger partial charge in [0.25, 0.3) is 11.5 Å². The highest BCUT2D eigenvalue weighted by atomic mass is 35.5. The maximum absolute atomic E-state index is 13.1. The predicted molar refractivity (Wildman–Crippen MR) is 127 cm³/mol. The molecule has 4 aromatic rings. The van der Waals surface area contributed by atoms with E-state index in [0.717, 1.165) is 11.1 Å². The van der Waals surface area contributed by atoms with Crippen molar-refractivity contribution in [2.75, 3.05) is 5.32 Å². The zero-order valence-corrected chi connectivity index (χ0v) is 18.1. The smallest absolute Gasteiger partial charge is 0.261 e. The van der Waals surface area contributed by atoms with Gasteiger partial charge in [0.05, 0.1) is 0 Å². The first-order valence-electron chi connectivity index (χ1n) is 9.58. The van der Waals surface area contributed by atoms with E-state index in [1.165, 1.54) is 0 Å². The monoisotopic (exact) mass is 448 g/mol. The minimum absolute atomic E-state index is 0.0283. The lowest BCUT2D eigenvalue weighted by molar-refractivity contribution is 0.102. The topological polar surface area (TPSA) is 62.0 Å². The molecule has 154 valence electrons. The number of aromatic nitrogens is 1. The van der Waals surface area contributed by atoms with E-state index < -0.39 is 11.5 Å². The molecule has 0 aliphatic heterocycles. The van der Waals surface area contributed by atoms with E-state index in [9.17, 15) is 9.59 Å². The first-order valence-corrected chi connectivity index (χ1v) is 10.3. The fourth-order valence-electron chi connectivity index (χ4n) is 3.26. The number of halogens is 2. The number of hydrogen-bond acceptors (Lipinski definition) is 2. The van der Waals surface area contributed by atoms with Crippen molar-refractivity contribution in [2.24, 2.45) is 0 Å². The third-order valence-corrected chi connectivity index (χ3v) is 5.38. The Bertz CT molecular complexity index is 1290. The Kier molecular flexibility index (Phi) is 5.94. The first kappa shape index (κ1) is 20.9. The molecule has 3 aromatic carbocycles. The maximum atomic E-state index is 13.1. The van der Waals surface area contributed by atoms with Crippen molar-refractivity contribution in [3.63, 3.8) is 0 Å². The molecule has 31 heavy (non-hydrogen) atoms. The Morgan fingerprint density at radius 1 is 0.806 bits per heavy atom. The number of anilines is 1. The van der Waals surface area contributed by atoms with Gasteiger partial charge in [0.2, 0.25) is 0 Å². The lowest BCUT2D eigenvalue weighted by Gasteiger charge is -2.13. The van der Waals surface area contributed by atoms with Gasteiger partial charge in [-0.1, -0.05) is 65.2 Å². The second-order valence-electron chi connectivity index (χ2n) is 7.13. The molecular formula is C25H18Cl2N2O2. The van der Waals surface area contributed by atoms with Gasteiger partial charge in [-0.15, -0.1) is 0 Å². The highest BCUT2D eigenvalue weighted by molar-refractivity contribution is 6.31. The number of rotatable bonds is 4. The summed E-state index contributed by atoms with van der Waals surface area (Å²) < 4.78 is 0.